The van der Waals surface area contributed by atoms with E-state index in [1.165, 1.54) is 7.11 Å². The molecule has 0 saturated carbocycles. The Morgan fingerprint density at radius 2 is 2.58 bits per heavy atom. The third-order valence-corrected chi connectivity index (χ3v) is 2.18. The van der Waals surface area contributed by atoms with E-state index in [9.17, 15) is 9.90 Å². The summed E-state index contributed by atoms with van der Waals surface area (Å²) >= 11 is 0. The number of aliphatic hydroxyl groups excluding tert-OH is 1. The maximum atomic E-state index is 11.0. The molecule has 3 atom stereocenters. The quantitative estimate of drug-likeness (QED) is 0.430. The minimum Gasteiger partial charge on any atom is -0.466 e. The molecular formula is C8H10O4. The van der Waals surface area contributed by atoms with Gasteiger partial charge in [0, 0.05) is 12.0 Å². The van der Waals surface area contributed by atoms with Crippen LogP contribution < -0.4 is 0 Å². The third-order valence-electron chi connectivity index (χ3n) is 2.18. The Kier molecular flexibility index (Phi) is 1.66. The van der Waals surface area contributed by atoms with Crippen LogP contribution in [0.4, 0.5) is 0 Å². The van der Waals surface area contributed by atoms with Crippen molar-refractivity contribution >= 4 is 5.97 Å². The SMILES string of the molecule is COC(=O)C1=C[C@H]2O[C@H]2[C@H](O)C1. The normalized spacial score (nSPS) is 38.2. The first-order valence-electron chi connectivity index (χ1n) is 3.85. The fourth-order valence-corrected chi connectivity index (χ4v) is 1.47. The summed E-state index contributed by atoms with van der Waals surface area (Å²) in [5.41, 5.74) is 0.517. The van der Waals surface area contributed by atoms with Crippen molar-refractivity contribution < 1.29 is 19.4 Å². The zero-order valence-electron chi connectivity index (χ0n) is 6.69. The maximum Gasteiger partial charge on any atom is 0.333 e. The molecule has 0 aromatic heterocycles. The number of carbonyl (C=O) groups is 1. The lowest BCUT2D eigenvalue weighted by Crippen LogP contribution is -2.24. The second-order valence-corrected chi connectivity index (χ2v) is 3.02. The number of methoxy groups -OCH3 is 1. The van der Waals surface area contributed by atoms with Gasteiger partial charge in [-0.25, -0.2) is 4.79 Å². The predicted octanol–water partition coefficient (Wildman–Crippen LogP) is -0.382. The van der Waals surface area contributed by atoms with E-state index in [0.29, 0.717) is 12.0 Å². The van der Waals surface area contributed by atoms with Crippen LogP contribution in [0.15, 0.2) is 11.6 Å². The zero-order valence-corrected chi connectivity index (χ0v) is 6.69. The molecule has 4 heteroatoms. The van der Waals surface area contributed by atoms with E-state index in [0.717, 1.165) is 0 Å². The molecule has 1 fully saturated rings. The molecule has 2 rings (SSSR count). The number of epoxide rings is 1. The second-order valence-electron chi connectivity index (χ2n) is 3.02. The molecule has 1 N–H and O–H groups in total. The molecule has 0 aromatic carbocycles. The molecule has 12 heavy (non-hydrogen) atoms. The summed E-state index contributed by atoms with van der Waals surface area (Å²) in [4.78, 5) is 11.0. The number of hydrogen-bond donors (Lipinski definition) is 1. The number of fused-ring (bicyclic) bond motifs is 1. The van der Waals surface area contributed by atoms with E-state index >= 15 is 0 Å². The van der Waals surface area contributed by atoms with Crippen molar-refractivity contribution in [2.75, 3.05) is 7.11 Å². The average Bonchev–Trinajstić information content (AvgIpc) is 2.82. The summed E-state index contributed by atoms with van der Waals surface area (Å²) in [5.74, 6) is -0.372. The van der Waals surface area contributed by atoms with Crippen LogP contribution in [0, 0.1) is 0 Å². The monoisotopic (exact) mass is 170 g/mol. The lowest BCUT2D eigenvalue weighted by Gasteiger charge is -2.12. The highest BCUT2D eigenvalue weighted by molar-refractivity contribution is 5.89. The largest absolute Gasteiger partial charge is 0.466 e. The zero-order chi connectivity index (χ0) is 8.72. The molecule has 2 aliphatic rings. The first-order valence-corrected chi connectivity index (χ1v) is 3.85. The lowest BCUT2D eigenvalue weighted by atomic mass is 9.97. The minimum atomic E-state index is -0.547. The highest BCUT2D eigenvalue weighted by Gasteiger charge is 2.47. The molecule has 1 aliphatic carbocycles. The summed E-state index contributed by atoms with van der Waals surface area (Å²) in [6.07, 6.45) is 1.37. The second kappa shape index (κ2) is 2.57. The van der Waals surface area contributed by atoms with Crippen LogP contribution in [0.5, 0.6) is 0 Å². The van der Waals surface area contributed by atoms with Gasteiger partial charge in [-0.2, -0.15) is 0 Å². The Morgan fingerprint density at radius 3 is 3.17 bits per heavy atom. The Morgan fingerprint density at radius 1 is 1.83 bits per heavy atom. The summed E-state index contributed by atoms with van der Waals surface area (Å²) in [5, 5.41) is 9.36. The van der Waals surface area contributed by atoms with Gasteiger partial charge in [-0.05, 0) is 6.08 Å². The summed E-state index contributed by atoms with van der Waals surface area (Å²) in [6, 6.07) is 0. The summed E-state index contributed by atoms with van der Waals surface area (Å²) in [6.45, 7) is 0. The topological polar surface area (TPSA) is 59.1 Å². The number of rotatable bonds is 1. The standard InChI is InChI=1S/C8H10O4/c1-11-8(10)4-2-5(9)7-6(3-4)12-7/h3,5-7,9H,2H2,1H3/t5-,6-,7+/m1/s1. The van der Waals surface area contributed by atoms with Gasteiger partial charge < -0.3 is 14.6 Å². The molecule has 1 saturated heterocycles. The van der Waals surface area contributed by atoms with Crippen LogP contribution >= 0.6 is 0 Å². The van der Waals surface area contributed by atoms with Crippen molar-refractivity contribution in [1.29, 1.82) is 0 Å². The van der Waals surface area contributed by atoms with Gasteiger partial charge in [0.25, 0.3) is 0 Å². The molecular weight excluding hydrogens is 160 g/mol. The number of carbonyl (C=O) groups excluding carboxylic acids is 1. The Hall–Kier alpha value is -0.870. The summed E-state index contributed by atoms with van der Waals surface area (Å²) < 4.78 is 9.61. The van der Waals surface area contributed by atoms with Crippen LogP contribution in [0.25, 0.3) is 0 Å². The van der Waals surface area contributed by atoms with E-state index in [2.05, 4.69) is 4.74 Å². The highest BCUT2D eigenvalue weighted by Crippen LogP contribution is 2.35. The van der Waals surface area contributed by atoms with E-state index in [4.69, 9.17) is 4.74 Å². The maximum absolute atomic E-state index is 11.0. The van der Waals surface area contributed by atoms with Crippen LogP contribution in [0.3, 0.4) is 0 Å². The highest BCUT2D eigenvalue weighted by atomic mass is 16.6. The third kappa shape index (κ3) is 1.13. The van der Waals surface area contributed by atoms with E-state index in [-0.39, 0.29) is 18.2 Å². The van der Waals surface area contributed by atoms with Crippen molar-refractivity contribution in [1.82, 2.24) is 0 Å². The van der Waals surface area contributed by atoms with Crippen LogP contribution in [0.1, 0.15) is 6.42 Å². The molecule has 4 nitrogen and oxygen atoms in total. The lowest BCUT2D eigenvalue weighted by molar-refractivity contribution is -0.136. The van der Waals surface area contributed by atoms with Crippen molar-refractivity contribution in [3.8, 4) is 0 Å². The van der Waals surface area contributed by atoms with Crippen molar-refractivity contribution in [2.24, 2.45) is 0 Å². The average molecular weight is 170 g/mol. The van der Waals surface area contributed by atoms with Crippen molar-refractivity contribution in [2.45, 2.75) is 24.7 Å². The fourth-order valence-electron chi connectivity index (χ4n) is 1.47. The first kappa shape index (κ1) is 7.76. The van der Waals surface area contributed by atoms with Gasteiger partial charge in [0.1, 0.15) is 12.2 Å². The molecule has 66 valence electrons. The van der Waals surface area contributed by atoms with Crippen LogP contribution in [-0.2, 0) is 14.3 Å². The fraction of sp³-hybridized carbons (Fsp3) is 0.625. The predicted molar refractivity (Wildman–Crippen MR) is 39.4 cm³/mol. The molecule has 0 amide bonds. The first-order chi connectivity index (χ1) is 5.72. The molecule has 0 radical (unpaired) electrons. The molecule has 0 bridgehead atoms. The van der Waals surface area contributed by atoms with Gasteiger partial charge in [-0.3, -0.25) is 0 Å². The molecule has 0 spiro atoms. The van der Waals surface area contributed by atoms with Crippen LogP contribution in [-0.4, -0.2) is 36.5 Å². The smallest absolute Gasteiger partial charge is 0.333 e. The minimum absolute atomic E-state index is 0.0668. The molecule has 1 aliphatic heterocycles. The van der Waals surface area contributed by atoms with E-state index in [1.54, 1.807) is 6.08 Å². The van der Waals surface area contributed by atoms with Gasteiger partial charge in [0.2, 0.25) is 0 Å². The Balaban J connectivity index is 2.11. The number of aliphatic hydroxyl groups is 1. The van der Waals surface area contributed by atoms with Crippen molar-refractivity contribution in [3.63, 3.8) is 0 Å². The number of esters is 1. The Bertz CT molecular complexity index is 245. The summed E-state index contributed by atoms with van der Waals surface area (Å²) in [7, 11) is 1.33. The number of hydrogen-bond acceptors (Lipinski definition) is 4. The van der Waals surface area contributed by atoms with Gasteiger partial charge >= 0.3 is 5.97 Å². The molecule has 0 unspecified atom stereocenters. The Labute approximate surface area is 69.8 Å². The van der Waals surface area contributed by atoms with Gasteiger partial charge in [-0.15, -0.1) is 0 Å². The van der Waals surface area contributed by atoms with Gasteiger partial charge in [-0.1, -0.05) is 0 Å². The van der Waals surface area contributed by atoms with Gasteiger partial charge in [0.15, 0.2) is 0 Å². The molecule has 1 heterocycles. The van der Waals surface area contributed by atoms with Crippen LogP contribution in [0.2, 0.25) is 0 Å². The van der Waals surface area contributed by atoms with E-state index in [1.807, 2.05) is 0 Å². The number of ether oxygens (including phenoxy) is 2. The van der Waals surface area contributed by atoms with Crippen molar-refractivity contribution in [3.05, 3.63) is 11.6 Å². The van der Waals surface area contributed by atoms with Gasteiger partial charge in [0.05, 0.1) is 13.2 Å². The van der Waals surface area contributed by atoms with E-state index < -0.39 is 6.10 Å². The molecule has 0 aromatic rings.